The van der Waals surface area contributed by atoms with Gasteiger partial charge in [0, 0.05) is 12.2 Å². The molecule has 6 heteroatoms. The van der Waals surface area contributed by atoms with Crippen molar-refractivity contribution in [1.29, 1.82) is 0 Å². The van der Waals surface area contributed by atoms with Crippen molar-refractivity contribution >= 4 is 18.4 Å². The molecule has 1 aromatic rings. The molecule has 1 fully saturated rings. The van der Waals surface area contributed by atoms with Crippen LogP contribution in [0, 0.1) is 0 Å². The molecule has 1 saturated carbocycles. The molecule has 1 aliphatic rings. The standard InChI is InChI=1S/C8H11N3O2.ClH/c9-6-1-7(2-6)11-4-5(3-10-11)8(12)13;/h3-4,6-7H,1-2,9H2,(H,12,13);1H. The Labute approximate surface area is 87.3 Å². The summed E-state index contributed by atoms with van der Waals surface area (Å²) in [4.78, 5) is 10.5. The predicted octanol–water partition coefficient (Wildman–Crippen LogP) is 0.665. The highest BCUT2D eigenvalue weighted by atomic mass is 35.5. The minimum atomic E-state index is -0.935. The summed E-state index contributed by atoms with van der Waals surface area (Å²) < 4.78 is 1.69. The molecule has 14 heavy (non-hydrogen) atoms. The van der Waals surface area contributed by atoms with Crippen LogP contribution in [0.15, 0.2) is 12.4 Å². The van der Waals surface area contributed by atoms with Crippen LogP contribution < -0.4 is 5.73 Å². The van der Waals surface area contributed by atoms with E-state index in [9.17, 15) is 4.79 Å². The summed E-state index contributed by atoms with van der Waals surface area (Å²) in [5.74, 6) is -0.935. The normalized spacial score (nSPS) is 24.9. The van der Waals surface area contributed by atoms with E-state index in [1.165, 1.54) is 6.20 Å². The van der Waals surface area contributed by atoms with Gasteiger partial charge in [0.15, 0.2) is 0 Å². The molecule has 1 heterocycles. The molecule has 0 atom stereocenters. The summed E-state index contributed by atoms with van der Waals surface area (Å²) >= 11 is 0. The third kappa shape index (κ3) is 1.88. The number of nitrogens with two attached hydrogens (primary N) is 1. The largest absolute Gasteiger partial charge is 0.478 e. The summed E-state index contributed by atoms with van der Waals surface area (Å²) in [6, 6.07) is 0.547. The Hall–Kier alpha value is -1.07. The van der Waals surface area contributed by atoms with Gasteiger partial charge >= 0.3 is 5.97 Å². The summed E-state index contributed by atoms with van der Waals surface area (Å²) in [6.07, 6.45) is 4.70. The van der Waals surface area contributed by atoms with E-state index in [0.29, 0.717) is 6.04 Å². The van der Waals surface area contributed by atoms with E-state index >= 15 is 0 Å². The van der Waals surface area contributed by atoms with Crippen LogP contribution in [-0.4, -0.2) is 26.9 Å². The molecule has 0 aromatic carbocycles. The zero-order valence-electron chi connectivity index (χ0n) is 7.46. The van der Waals surface area contributed by atoms with Gasteiger partial charge in [-0.3, -0.25) is 4.68 Å². The second kappa shape index (κ2) is 3.98. The summed E-state index contributed by atoms with van der Waals surface area (Å²) in [7, 11) is 0. The Balaban J connectivity index is 0.000000980. The quantitative estimate of drug-likeness (QED) is 0.763. The van der Waals surface area contributed by atoms with Crippen molar-refractivity contribution in [3.05, 3.63) is 18.0 Å². The fraction of sp³-hybridized carbons (Fsp3) is 0.500. The lowest BCUT2D eigenvalue weighted by Gasteiger charge is -2.32. The zero-order valence-corrected chi connectivity index (χ0v) is 8.28. The highest BCUT2D eigenvalue weighted by Crippen LogP contribution is 2.29. The summed E-state index contributed by atoms with van der Waals surface area (Å²) in [5, 5.41) is 12.6. The van der Waals surface area contributed by atoms with Gasteiger partial charge in [0.1, 0.15) is 0 Å². The summed E-state index contributed by atoms with van der Waals surface area (Å²) in [5.41, 5.74) is 5.85. The van der Waals surface area contributed by atoms with Crippen LogP contribution in [0.25, 0.3) is 0 Å². The van der Waals surface area contributed by atoms with Crippen LogP contribution in [-0.2, 0) is 0 Å². The topological polar surface area (TPSA) is 81.1 Å². The van der Waals surface area contributed by atoms with Crippen LogP contribution in [0.1, 0.15) is 29.2 Å². The fourth-order valence-electron chi connectivity index (χ4n) is 1.49. The molecule has 5 nitrogen and oxygen atoms in total. The third-order valence-electron chi connectivity index (χ3n) is 2.37. The first-order valence-electron chi connectivity index (χ1n) is 4.20. The van der Waals surface area contributed by atoms with Crippen LogP contribution in [0.5, 0.6) is 0 Å². The fourth-order valence-corrected chi connectivity index (χ4v) is 1.49. The molecule has 0 saturated heterocycles. The molecule has 0 radical (unpaired) electrons. The lowest BCUT2D eigenvalue weighted by atomic mass is 9.88. The van der Waals surface area contributed by atoms with E-state index in [0.717, 1.165) is 12.8 Å². The maximum atomic E-state index is 10.5. The Morgan fingerprint density at radius 2 is 2.29 bits per heavy atom. The Kier molecular flexibility index (Phi) is 3.13. The maximum absolute atomic E-state index is 10.5. The second-order valence-electron chi connectivity index (χ2n) is 3.40. The first kappa shape index (κ1) is 11.0. The van der Waals surface area contributed by atoms with Crippen molar-refractivity contribution < 1.29 is 9.90 Å². The molecule has 0 aliphatic heterocycles. The van der Waals surface area contributed by atoms with E-state index in [4.69, 9.17) is 10.8 Å². The molecule has 3 N–H and O–H groups in total. The number of rotatable bonds is 2. The van der Waals surface area contributed by atoms with Gasteiger partial charge in [-0.05, 0) is 12.8 Å². The van der Waals surface area contributed by atoms with Crippen molar-refractivity contribution in [1.82, 2.24) is 9.78 Å². The molecule has 2 rings (SSSR count). The number of aromatic nitrogens is 2. The van der Waals surface area contributed by atoms with Gasteiger partial charge < -0.3 is 10.8 Å². The Bertz CT molecular complexity index is 333. The van der Waals surface area contributed by atoms with Crippen LogP contribution >= 0.6 is 12.4 Å². The number of carboxylic acid groups (broad SMARTS) is 1. The van der Waals surface area contributed by atoms with Gasteiger partial charge in [-0.15, -0.1) is 12.4 Å². The van der Waals surface area contributed by atoms with Gasteiger partial charge in [-0.2, -0.15) is 5.10 Å². The lowest BCUT2D eigenvalue weighted by molar-refractivity contribution is 0.0696. The number of halogens is 1. The van der Waals surface area contributed by atoms with Gasteiger partial charge in [0.05, 0.1) is 17.8 Å². The molecule has 0 bridgehead atoms. The number of carboxylic acids is 1. The number of hydrogen-bond acceptors (Lipinski definition) is 3. The van der Waals surface area contributed by atoms with E-state index in [1.54, 1.807) is 10.9 Å². The molecule has 78 valence electrons. The second-order valence-corrected chi connectivity index (χ2v) is 3.40. The number of nitrogens with zero attached hydrogens (tertiary/aromatic N) is 2. The minimum absolute atomic E-state index is 0. The number of aromatic carboxylic acids is 1. The van der Waals surface area contributed by atoms with E-state index in [-0.39, 0.29) is 24.0 Å². The average molecular weight is 218 g/mol. The summed E-state index contributed by atoms with van der Waals surface area (Å²) in [6.45, 7) is 0. The molecule has 1 aliphatic carbocycles. The first-order valence-corrected chi connectivity index (χ1v) is 4.20. The maximum Gasteiger partial charge on any atom is 0.338 e. The van der Waals surface area contributed by atoms with Crippen molar-refractivity contribution in [2.45, 2.75) is 24.9 Å². The molecule has 1 aromatic heterocycles. The first-order chi connectivity index (χ1) is 6.16. The van der Waals surface area contributed by atoms with E-state index in [2.05, 4.69) is 5.10 Å². The van der Waals surface area contributed by atoms with Gasteiger partial charge in [0.2, 0.25) is 0 Å². The van der Waals surface area contributed by atoms with E-state index < -0.39 is 5.97 Å². The molecular weight excluding hydrogens is 206 g/mol. The van der Waals surface area contributed by atoms with Crippen molar-refractivity contribution in [3.8, 4) is 0 Å². The molecular formula is C8H12ClN3O2. The Morgan fingerprint density at radius 3 is 2.71 bits per heavy atom. The minimum Gasteiger partial charge on any atom is -0.478 e. The van der Waals surface area contributed by atoms with Gasteiger partial charge in [-0.1, -0.05) is 0 Å². The average Bonchev–Trinajstić information content (AvgIpc) is 2.46. The number of hydrogen-bond donors (Lipinski definition) is 2. The molecule has 0 unspecified atom stereocenters. The smallest absolute Gasteiger partial charge is 0.338 e. The lowest BCUT2D eigenvalue weighted by Crippen LogP contribution is -2.37. The monoisotopic (exact) mass is 217 g/mol. The third-order valence-corrected chi connectivity index (χ3v) is 2.37. The number of carbonyl (C=O) groups is 1. The molecule has 0 spiro atoms. The highest BCUT2D eigenvalue weighted by Gasteiger charge is 2.28. The highest BCUT2D eigenvalue weighted by molar-refractivity contribution is 5.86. The van der Waals surface area contributed by atoms with Crippen molar-refractivity contribution in [2.75, 3.05) is 0 Å². The van der Waals surface area contributed by atoms with Crippen LogP contribution in [0.2, 0.25) is 0 Å². The van der Waals surface area contributed by atoms with Gasteiger partial charge in [0.25, 0.3) is 0 Å². The predicted molar refractivity (Wildman–Crippen MR) is 52.7 cm³/mol. The van der Waals surface area contributed by atoms with Crippen LogP contribution in [0.3, 0.4) is 0 Å². The van der Waals surface area contributed by atoms with Crippen LogP contribution in [0.4, 0.5) is 0 Å². The zero-order chi connectivity index (χ0) is 9.42. The van der Waals surface area contributed by atoms with Crippen molar-refractivity contribution in [3.63, 3.8) is 0 Å². The molecule has 0 amide bonds. The van der Waals surface area contributed by atoms with Gasteiger partial charge in [-0.25, -0.2) is 4.79 Å². The van der Waals surface area contributed by atoms with Crippen molar-refractivity contribution in [2.24, 2.45) is 5.73 Å². The van der Waals surface area contributed by atoms with E-state index in [1.807, 2.05) is 0 Å². The Morgan fingerprint density at radius 1 is 1.64 bits per heavy atom. The SMILES string of the molecule is Cl.NC1CC(n2cc(C(=O)O)cn2)C1.